The minimum atomic E-state index is -0.160. The van der Waals surface area contributed by atoms with Crippen LogP contribution in [0.15, 0.2) is 29.3 Å². The van der Waals surface area contributed by atoms with Crippen molar-refractivity contribution in [1.82, 2.24) is 14.9 Å². The SMILES string of the molecule is Cc1nc(SC(C)C(=O)N(C)C)c2ccccc2n1. The van der Waals surface area contributed by atoms with Crippen molar-refractivity contribution in [1.29, 1.82) is 0 Å². The molecule has 1 unspecified atom stereocenters. The molecule has 1 aromatic carbocycles. The quantitative estimate of drug-likeness (QED) is 0.638. The number of carbonyl (C=O) groups is 1. The maximum absolute atomic E-state index is 11.9. The highest BCUT2D eigenvalue weighted by Gasteiger charge is 2.18. The van der Waals surface area contributed by atoms with E-state index in [0.29, 0.717) is 0 Å². The maximum Gasteiger partial charge on any atom is 0.235 e. The van der Waals surface area contributed by atoms with Gasteiger partial charge in [0.1, 0.15) is 10.9 Å². The van der Waals surface area contributed by atoms with Gasteiger partial charge in [0.25, 0.3) is 0 Å². The van der Waals surface area contributed by atoms with Crippen LogP contribution in [0, 0.1) is 6.92 Å². The molecule has 1 aromatic heterocycles. The van der Waals surface area contributed by atoms with Gasteiger partial charge < -0.3 is 4.90 Å². The van der Waals surface area contributed by atoms with Gasteiger partial charge in [-0.2, -0.15) is 0 Å². The predicted octanol–water partition coefficient (Wildman–Crippen LogP) is 2.51. The second kappa shape index (κ2) is 5.57. The van der Waals surface area contributed by atoms with Crippen molar-refractivity contribution >= 4 is 28.6 Å². The number of aromatic nitrogens is 2. The van der Waals surface area contributed by atoms with E-state index in [2.05, 4.69) is 9.97 Å². The Bertz CT molecular complexity index is 613. The molecule has 1 amide bonds. The topological polar surface area (TPSA) is 46.1 Å². The number of rotatable bonds is 3. The van der Waals surface area contributed by atoms with E-state index in [1.165, 1.54) is 11.8 Å². The first-order chi connectivity index (χ1) is 8.99. The van der Waals surface area contributed by atoms with Crippen LogP contribution >= 0.6 is 11.8 Å². The Balaban J connectivity index is 2.37. The summed E-state index contributed by atoms with van der Waals surface area (Å²) in [6.07, 6.45) is 0. The first-order valence-electron chi connectivity index (χ1n) is 6.10. The summed E-state index contributed by atoms with van der Waals surface area (Å²) in [5, 5.41) is 1.70. The van der Waals surface area contributed by atoms with E-state index >= 15 is 0 Å². The Morgan fingerprint density at radius 2 is 1.95 bits per heavy atom. The molecule has 0 N–H and O–H groups in total. The van der Waals surface area contributed by atoms with E-state index in [-0.39, 0.29) is 11.2 Å². The number of thioether (sulfide) groups is 1. The van der Waals surface area contributed by atoms with Crippen LogP contribution in [0.25, 0.3) is 10.9 Å². The first kappa shape index (κ1) is 13.8. The van der Waals surface area contributed by atoms with E-state index in [1.54, 1.807) is 19.0 Å². The van der Waals surface area contributed by atoms with Crippen molar-refractivity contribution in [2.24, 2.45) is 0 Å². The highest BCUT2D eigenvalue weighted by molar-refractivity contribution is 8.00. The van der Waals surface area contributed by atoms with Crippen LogP contribution < -0.4 is 0 Å². The van der Waals surface area contributed by atoms with Gasteiger partial charge in [-0.05, 0) is 19.9 Å². The summed E-state index contributed by atoms with van der Waals surface area (Å²) in [5.74, 6) is 0.816. The highest BCUT2D eigenvalue weighted by atomic mass is 32.2. The van der Waals surface area contributed by atoms with Gasteiger partial charge in [-0.1, -0.05) is 30.0 Å². The molecular weight excluding hydrogens is 258 g/mol. The summed E-state index contributed by atoms with van der Waals surface area (Å²) in [6, 6.07) is 7.87. The van der Waals surface area contributed by atoms with E-state index in [0.717, 1.165) is 21.8 Å². The Kier molecular flexibility index (Phi) is 4.04. The minimum absolute atomic E-state index is 0.0883. The highest BCUT2D eigenvalue weighted by Crippen LogP contribution is 2.28. The van der Waals surface area contributed by atoms with Gasteiger partial charge in [0.15, 0.2) is 0 Å². The van der Waals surface area contributed by atoms with Crippen LogP contribution in [-0.4, -0.2) is 40.1 Å². The fourth-order valence-electron chi connectivity index (χ4n) is 1.83. The molecule has 2 aromatic rings. The zero-order chi connectivity index (χ0) is 14.0. The largest absolute Gasteiger partial charge is 0.348 e. The number of carbonyl (C=O) groups excluding carboxylic acids is 1. The number of hydrogen-bond donors (Lipinski definition) is 0. The molecule has 5 heteroatoms. The van der Waals surface area contributed by atoms with Crippen molar-refractivity contribution in [3.63, 3.8) is 0 Å². The smallest absolute Gasteiger partial charge is 0.235 e. The standard InChI is InChI=1S/C14H17N3OS/c1-9(14(18)17(3)4)19-13-11-7-5-6-8-12(11)15-10(2)16-13/h5-9H,1-4H3. The third-order valence-electron chi connectivity index (χ3n) is 2.76. The van der Waals surface area contributed by atoms with Gasteiger partial charge in [0.2, 0.25) is 5.91 Å². The molecule has 2 rings (SSSR count). The molecule has 0 aliphatic heterocycles. The van der Waals surface area contributed by atoms with Gasteiger partial charge in [-0.25, -0.2) is 9.97 Å². The Morgan fingerprint density at radius 3 is 2.63 bits per heavy atom. The first-order valence-corrected chi connectivity index (χ1v) is 6.98. The second-order valence-electron chi connectivity index (χ2n) is 4.59. The third-order valence-corrected chi connectivity index (χ3v) is 3.85. The molecule has 100 valence electrons. The van der Waals surface area contributed by atoms with E-state index in [4.69, 9.17) is 0 Å². The predicted molar refractivity (Wildman–Crippen MR) is 78.3 cm³/mol. The zero-order valence-corrected chi connectivity index (χ0v) is 12.4. The number of nitrogens with zero attached hydrogens (tertiary/aromatic N) is 3. The fourth-order valence-corrected chi connectivity index (χ4v) is 2.96. The van der Waals surface area contributed by atoms with Crippen LogP contribution in [0.1, 0.15) is 12.7 Å². The summed E-state index contributed by atoms with van der Waals surface area (Å²) in [6.45, 7) is 3.77. The number of hydrogen-bond acceptors (Lipinski definition) is 4. The Morgan fingerprint density at radius 1 is 1.26 bits per heavy atom. The summed E-state index contributed by atoms with van der Waals surface area (Å²) < 4.78 is 0. The number of amides is 1. The zero-order valence-electron chi connectivity index (χ0n) is 11.5. The fraction of sp³-hybridized carbons (Fsp3) is 0.357. The van der Waals surface area contributed by atoms with Crippen LogP contribution in [0.4, 0.5) is 0 Å². The summed E-state index contributed by atoms with van der Waals surface area (Å²) in [7, 11) is 3.53. The Labute approximate surface area is 117 Å². The monoisotopic (exact) mass is 275 g/mol. The molecule has 0 fully saturated rings. The molecule has 19 heavy (non-hydrogen) atoms. The van der Waals surface area contributed by atoms with Gasteiger partial charge in [0, 0.05) is 19.5 Å². The normalized spacial score (nSPS) is 12.4. The number of benzene rings is 1. The molecule has 0 bridgehead atoms. The van der Waals surface area contributed by atoms with Gasteiger partial charge >= 0.3 is 0 Å². The molecule has 4 nitrogen and oxygen atoms in total. The van der Waals surface area contributed by atoms with E-state index in [1.807, 2.05) is 38.1 Å². The van der Waals surface area contributed by atoms with Crippen molar-refractivity contribution in [3.05, 3.63) is 30.1 Å². The van der Waals surface area contributed by atoms with Crippen LogP contribution in [0.2, 0.25) is 0 Å². The maximum atomic E-state index is 11.9. The Hall–Kier alpha value is -1.62. The van der Waals surface area contributed by atoms with Gasteiger partial charge in [-0.3, -0.25) is 4.79 Å². The third kappa shape index (κ3) is 3.04. The summed E-state index contributed by atoms with van der Waals surface area (Å²) in [5.41, 5.74) is 0.919. The lowest BCUT2D eigenvalue weighted by molar-refractivity contribution is -0.127. The summed E-state index contributed by atoms with van der Waals surface area (Å²) >= 11 is 1.48. The molecule has 1 heterocycles. The lowest BCUT2D eigenvalue weighted by atomic mass is 10.2. The molecule has 0 radical (unpaired) electrons. The lowest BCUT2D eigenvalue weighted by Crippen LogP contribution is -2.29. The second-order valence-corrected chi connectivity index (χ2v) is 5.92. The van der Waals surface area contributed by atoms with Crippen LogP contribution in [-0.2, 0) is 4.79 Å². The molecule has 0 saturated heterocycles. The molecule has 0 spiro atoms. The minimum Gasteiger partial charge on any atom is -0.348 e. The molecule has 1 atom stereocenters. The van der Waals surface area contributed by atoms with Gasteiger partial charge in [-0.15, -0.1) is 0 Å². The lowest BCUT2D eigenvalue weighted by Gasteiger charge is -2.16. The van der Waals surface area contributed by atoms with Gasteiger partial charge in [0.05, 0.1) is 10.8 Å². The average molecular weight is 275 g/mol. The molecule has 0 aliphatic carbocycles. The number of fused-ring (bicyclic) bond motifs is 1. The van der Waals surface area contributed by atoms with Crippen molar-refractivity contribution in [2.75, 3.05) is 14.1 Å². The van der Waals surface area contributed by atoms with Crippen molar-refractivity contribution in [2.45, 2.75) is 24.1 Å². The molecule has 0 saturated carbocycles. The molecular formula is C14H17N3OS. The van der Waals surface area contributed by atoms with Crippen molar-refractivity contribution in [3.8, 4) is 0 Å². The van der Waals surface area contributed by atoms with Crippen LogP contribution in [0.5, 0.6) is 0 Å². The van der Waals surface area contributed by atoms with Crippen LogP contribution in [0.3, 0.4) is 0 Å². The van der Waals surface area contributed by atoms with E-state index in [9.17, 15) is 4.79 Å². The number of para-hydroxylation sites is 1. The van der Waals surface area contributed by atoms with Crippen molar-refractivity contribution < 1.29 is 4.79 Å². The summed E-state index contributed by atoms with van der Waals surface area (Å²) in [4.78, 5) is 22.4. The number of aryl methyl sites for hydroxylation is 1. The average Bonchev–Trinajstić information content (AvgIpc) is 2.37. The molecule has 0 aliphatic rings. The van der Waals surface area contributed by atoms with E-state index < -0.39 is 0 Å².